The largest absolute Gasteiger partial charge is 0.442 e. The Morgan fingerprint density at radius 2 is 1.96 bits per heavy atom. The van der Waals surface area contributed by atoms with E-state index in [-0.39, 0.29) is 23.9 Å². The van der Waals surface area contributed by atoms with E-state index in [0.29, 0.717) is 0 Å². The van der Waals surface area contributed by atoms with Crippen LogP contribution in [0.3, 0.4) is 0 Å². The lowest BCUT2D eigenvalue weighted by Crippen LogP contribution is -2.18. The second kappa shape index (κ2) is 5.34. The van der Waals surface area contributed by atoms with Crippen molar-refractivity contribution in [2.75, 3.05) is 0 Å². The molecule has 0 saturated heterocycles. The first-order valence-corrected chi connectivity index (χ1v) is 6.30. The van der Waals surface area contributed by atoms with Gasteiger partial charge in [-0.15, -0.1) is 0 Å². The Bertz CT molecular complexity index is 880. The highest BCUT2D eigenvalue weighted by molar-refractivity contribution is 5.41. The molecule has 3 rings (SSSR count). The fourth-order valence-corrected chi connectivity index (χ4v) is 1.94. The lowest BCUT2D eigenvalue weighted by molar-refractivity contribution is -0.141. The molecule has 3 aromatic heterocycles. The smallest absolute Gasteiger partial charge is 0.295 e. The number of hydrogen-bond donors (Lipinski definition) is 0. The number of rotatable bonds is 3. The van der Waals surface area contributed by atoms with Crippen LogP contribution in [0.4, 0.5) is 13.2 Å². The van der Waals surface area contributed by atoms with Gasteiger partial charge < -0.3 is 0 Å². The van der Waals surface area contributed by atoms with Gasteiger partial charge in [0.25, 0.3) is 0 Å². The van der Waals surface area contributed by atoms with Crippen LogP contribution in [0.5, 0.6) is 0 Å². The maximum atomic E-state index is 12.7. The molecule has 0 N–H and O–H groups in total. The molecule has 0 amide bonds. The van der Waals surface area contributed by atoms with Crippen LogP contribution in [0.1, 0.15) is 11.4 Å². The van der Waals surface area contributed by atoms with E-state index in [1.807, 2.05) is 0 Å². The van der Waals surface area contributed by atoms with Gasteiger partial charge in [0.15, 0.2) is 11.5 Å². The molecule has 8 nitrogen and oxygen atoms in total. The third-order valence-corrected chi connectivity index (χ3v) is 3.04. The van der Waals surface area contributed by atoms with Crippen molar-refractivity contribution < 1.29 is 17.7 Å². The monoisotopic (exact) mass is 326 g/mol. The molecular formula is C12H9F3N6O2. The molecule has 0 saturated carbocycles. The van der Waals surface area contributed by atoms with E-state index in [1.54, 1.807) is 6.07 Å². The van der Waals surface area contributed by atoms with E-state index in [2.05, 4.69) is 24.7 Å². The van der Waals surface area contributed by atoms with Gasteiger partial charge in [-0.25, -0.2) is 19.3 Å². The van der Waals surface area contributed by atoms with Crippen molar-refractivity contribution in [1.82, 2.24) is 29.5 Å². The van der Waals surface area contributed by atoms with Crippen LogP contribution in [0.25, 0.3) is 11.6 Å². The van der Waals surface area contributed by atoms with Gasteiger partial charge in [0.2, 0.25) is 5.82 Å². The van der Waals surface area contributed by atoms with Gasteiger partial charge in [-0.05, 0) is 12.1 Å². The summed E-state index contributed by atoms with van der Waals surface area (Å²) in [6, 6.07) is 2.43. The summed E-state index contributed by atoms with van der Waals surface area (Å²) in [5, 5.41) is 6.95. The molecule has 23 heavy (non-hydrogen) atoms. The average molecular weight is 326 g/mol. The molecule has 0 fully saturated rings. The zero-order valence-electron chi connectivity index (χ0n) is 11.7. The topological polar surface area (TPSA) is 91.6 Å². The van der Waals surface area contributed by atoms with Crippen LogP contribution in [0, 0.1) is 0 Å². The van der Waals surface area contributed by atoms with Crippen molar-refractivity contribution in [3.63, 3.8) is 0 Å². The molecule has 0 aliphatic heterocycles. The quantitative estimate of drug-likeness (QED) is 0.715. The van der Waals surface area contributed by atoms with Crippen molar-refractivity contribution >= 4 is 0 Å². The third kappa shape index (κ3) is 2.84. The minimum Gasteiger partial charge on any atom is -0.295 e. The molecule has 0 aliphatic carbocycles. The first kappa shape index (κ1) is 14.9. The molecular weight excluding hydrogens is 317 g/mol. The van der Waals surface area contributed by atoms with Gasteiger partial charge in [0.1, 0.15) is 0 Å². The summed E-state index contributed by atoms with van der Waals surface area (Å²) in [7, 11) is 1.35. The highest BCUT2D eigenvalue weighted by Gasteiger charge is 2.34. The Morgan fingerprint density at radius 1 is 1.26 bits per heavy atom. The Morgan fingerprint density at radius 3 is 2.57 bits per heavy atom. The van der Waals surface area contributed by atoms with Crippen LogP contribution >= 0.6 is 0 Å². The molecule has 0 radical (unpaired) electrons. The van der Waals surface area contributed by atoms with E-state index < -0.39 is 17.6 Å². The molecule has 0 bridgehead atoms. The van der Waals surface area contributed by atoms with E-state index in [4.69, 9.17) is 0 Å². The summed E-state index contributed by atoms with van der Waals surface area (Å²) in [4.78, 5) is 19.6. The molecule has 0 unspecified atom stereocenters. The Labute approximate surface area is 126 Å². The molecule has 0 atom stereocenters. The summed E-state index contributed by atoms with van der Waals surface area (Å²) in [6.45, 7) is -0.213. The van der Waals surface area contributed by atoms with Crippen LogP contribution in [0.2, 0.25) is 0 Å². The van der Waals surface area contributed by atoms with E-state index in [1.165, 1.54) is 19.4 Å². The predicted molar refractivity (Wildman–Crippen MR) is 69.1 cm³/mol. The van der Waals surface area contributed by atoms with E-state index in [9.17, 15) is 18.0 Å². The summed E-state index contributed by atoms with van der Waals surface area (Å²) >= 11 is 0. The predicted octanol–water partition coefficient (Wildman–Crippen LogP) is 1.09. The van der Waals surface area contributed by atoms with Crippen LogP contribution in [-0.4, -0.2) is 29.5 Å². The van der Waals surface area contributed by atoms with Gasteiger partial charge in [-0.2, -0.15) is 18.3 Å². The van der Waals surface area contributed by atoms with Crippen molar-refractivity contribution in [3.05, 3.63) is 46.5 Å². The minimum atomic E-state index is -4.57. The van der Waals surface area contributed by atoms with Crippen LogP contribution < -0.4 is 5.76 Å². The lowest BCUT2D eigenvalue weighted by atomic mass is 10.3. The van der Waals surface area contributed by atoms with Gasteiger partial charge >= 0.3 is 11.9 Å². The maximum Gasteiger partial charge on any atom is 0.442 e. The van der Waals surface area contributed by atoms with Crippen molar-refractivity contribution in [2.45, 2.75) is 12.7 Å². The molecule has 0 aliphatic rings. The van der Waals surface area contributed by atoms with Gasteiger partial charge in [-0.1, -0.05) is 5.16 Å². The Balaban J connectivity index is 2.01. The number of aryl methyl sites for hydroxylation is 1. The normalized spacial score (nSPS) is 11.8. The SMILES string of the molecule is Cn1nc(C(F)(F)F)cc1Cn1c(-c2ncccn2)noc1=O. The summed E-state index contributed by atoms with van der Waals surface area (Å²) < 4.78 is 44.7. The molecule has 11 heteroatoms. The first-order chi connectivity index (χ1) is 10.9. The van der Waals surface area contributed by atoms with Crippen molar-refractivity contribution in [1.29, 1.82) is 0 Å². The fraction of sp³-hybridized carbons (Fsp3) is 0.250. The number of hydrogen-bond acceptors (Lipinski definition) is 6. The van der Waals surface area contributed by atoms with Gasteiger partial charge in [0.05, 0.1) is 12.2 Å². The van der Waals surface area contributed by atoms with E-state index in [0.717, 1.165) is 15.3 Å². The molecule has 120 valence electrons. The van der Waals surface area contributed by atoms with Crippen LogP contribution in [-0.2, 0) is 19.8 Å². The Hall–Kier alpha value is -2.98. The summed E-state index contributed by atoms with van der Waals surface area (Å²) in [5.41, 5.74) is -0.892. The molecule has 3 aromatic rings. The standard InChI is InChI=1S/C12H9F3N6O2/c1-20-7(5-8(18-20)12(13,14)15)6-21-10(19-23-11(21)22)9-16-3-2-4-17-9/h2-5H,6H2,1H3. The molecule has 0 aromatic carbocycles. The Kier molecular flexibility index (Phi) is 3.47. The maximum absolute atomic E-state index is 12.7. The summed E-state index contributed by atoms with van der Waals surface area (Å²) in [5.74, 6) is -0.691. The highest BCUT2D eigenvalue weighted by Crippen LogP contribution is 2.28. The number of halogens is 3. The number of alkyl halides is 3. The average Bonchev–Trinajstić information content (AvgIpc) is 3.05. The number of aromatic nitrogens is 6. The summed E-state index contributed by atoms with van der Waals surface area (Å²) in [6.07, 6.45) is -1.68. The fourth-order valence-electron chi connectivity index (χ4n) is 1.94. The molecule has 0 spiro atoms. The zero-order valence-corrected chi connectivity index (χ0v) is 11.7. The second-order valence-corrected chi connectivity index (χ2v) is 4.57. The van der Waals surface area contributed by atoms with Crippen molar-refractivity contribution in [2.24, 2.45) is 7.05 Å². The third-order valence-electron chi connectivity index (χ3n) is 3.04. The first-order valence-electron chi connectivity index (χ1n) is 6.30. The minimum absolute atomic E-state index is 0.0189. The number of nitrogens with zero attached hydrogens (tertiary/aromatic N) is 6. The van der Waals surface area contributed by atoms with Crippen molar-refractivity contribution in [3.8, 4) is 11.6 Å². The lowest BCUT2D eigenvalue weighted by Gasteiger charge is -2.03. The van der Waals surface area contributed by atoms with E-state index >= 15 is 0 Å². The molecule has 3 heterocycles. The highest BCUT2D eigenvalue weighted by atomic mass is 19.4. The van der Waals surface area contributed by atoms with Gasteiger partial charge in [-0.3, -0.25) is 9.20 Å². The van der Waals surface area contributed by atoms with Crippen LogP contribution in [0.15, 0.2) is 33.8 Å². The zero-order chi connectivity index (χ0) is 16.6. The van der Waals surface area contributed by atoms with Gasteiger partial charge in [0, 0.05) is 19.4 Å². The second-order valence-electron chi connectivity index (χ2n) is 4.57.